The van der Waals surface area contributed by atoms with Crippen molar-refractivity contribution < 1.29 is 26.8 Å². The topological polar surface area (TPSA) is 86.1 Å². The van der Waals surface area contributed by atoms with Crippen molar-refractivity contribution in [2.75, 3.05) is 36.8 Å². The molecule has 7 nitrogen and oxygen atoms in total. The molecule has 3 fully saturated rings. The highest BCUT2D eigenvalue weighted by Gasteiger charge is 2.64. The fourth-order valence-electron chi connectivity index (χ4n) is 5.67. The highest BCUT2D eigenvalue weighted by Crippen LogP contribution is 2.64. The van der Waals surface area contributed by atoms with Gasteiger partial charge in [0.2, 0.25) is 10.0 Å². The molecule has 1 N–H and O–H groups in total. The van der Waals surface area contributed by atoms with Gasteiger partial charge in [-0.15, -0.1) is 0 Å². The van der Waals surface area contributed by atoms with E-state index in [0.29, 0.717) is 24.5 Å². The molecule has 2 aliphatic carbocycles. The predicted octanol–water partition coefficient (Wildman–Crippen LogP) is 3.86. The summed E-state index contributed by atoms with van der Waals surface area (Å²) < 4.78 is 66.7. The first-order chi connectivity index (χ1) is 14.8. The second-order valence-electron chi connectivity index (χ2n) is 9.46. The van der Waals surface area contributed by atoms with Crippen LogP contribution in [0, 0.1) is 16.7 Å². The molecule has 0 radical (unpaired) electrons. The Morgan fingerprint density at radius 1 is 1.28 bits per heavy atom. The Kier molecular flexibility index (Phi) is 5.69. The summed E-state index contributed by atoms with van der Waals surface area (Å²) in [6.07, 6.45) is -1.60. The number of halogens is 4. The molecule has 2 saturated carbocycles. The van der Waals surface area contributed by atoms with Gasteiger partial charge in [0.1, 0.15) is 5.82 Å². The number of hydrogen-bond acceptors (Lipinski definition) is 6. The summed E-state index contributed by atoms with van der Waals surface area (Å²) in [5.74, 6) is 0.399. The minimum Gasteiger partial charge on any atom is -0.411 e. The summed E-state index contributed by atoms with van der Waals surface area (Å²) in [7, 11) is -3.65. The number of oxime groups is 1. The fraction of sp³-hybridized carbons (Fsp3) is 0.700. The molecule has 1 aliphatic heterocycles. The number of anilines is 1. The number of hydrogen-bond donors (Lipinski definition) is 1. The summed E-state index contributed by atoms with van der Waals surface area (Å²) in [5, 5.41) is 12.9. The highest BCUT2D eigenvalue weighted by atomic mass is 35.5. The molecule has 0 aromatic carbocycles. The first kappa shape index (κ1) is 23.6. The summed E-state index contributed by atoms with van der Waals surface area (Å²) in [4.78, 5) is 5.56. The van der Waals surface area contributed by atoms with Gasteiger partial charge in [-0.05, 0) is 36.7 Å². The summed E-state index contributed by atoms with van der Waals surface area (Å²) >= 11 is 6.04. The van der Waals surface area contributed by atoms with Crippen molar-refractivity contribution in [3.63, 3.8) is 0 Å². The Balaban J connectivity index is 1.48. The molecule has 1 aromatic rings. The molecule has 178 valence electrons. The molecule has 0 unspecified atom stereocenters. The van der Waals surface area contributed by atoms with Crippen molar-refractivity contribution in [3.05, 3.63) is 22.8 Å². The average Bonchev–Trinajstić information content (AvgIpc) is 3.07. The Bertz CT molecular complexity index is 1040. The van der Waals surface area contributed by atoms with E-state index in [2.05, 4.69) is 24.0 Å². The summed E-state index contributed by atoms with van der Waals surface area (Å²) in [5.41, 5.74) is -1.31. The van der Waals surface area contributed by atoms with Crippen LogP contribution in [-0.2, 0) is 16.2 Å². The second kappa shape index (κ2) is 7.73. The van der Waals surface area contributed by atoms with E-state index in [1.165, 1.54) is 4.31 Å². The van der Waals surface area contributed by atoms with Gasteiger partial charge in [0, 0.05) is 37.8 Å². The normalized spacial score (nSPS) is 29.8. The van der Waals surface area contributed by atoms with E-state index in [9.17, 15) is 26.8 Å². The Labute approximate surface area is 190 Å². The Morgan fingerprint density at radius 3 is 2.47 bits per heavy atom. The van der Waals surface area contributed by atoms with Crippen LogP contribution in [0.2, 0.25) is 5.02 Å². The van der Waals surface area contributed by atoms with Crippen molar-refractivity contribution in [2.45, 2.75) is 39.3 Å². The Hall–Kier alpha value is -1.59. The van der Waals surface area contributed by atoms with Crippen molar-refractivity contribution in [1.29, 1.82) is 0 Å². The molecule has 1 aromatic heterocycles. The van der Waals surface area contributed by atoms with Crippen LogP contribution in [0.3, 0.4) is 0 Å². The van der Waals surface area contributed by atoms with Gasteiger partial charge in [-0.25, -0.2) is 13.4 Å². The van der Waals surface area contributed by atoms with Crippen LogP contribution >= 0.6 is 11.6 Å². The lowest BCUT2D eigenvalue weighted by Gasteiger charge is -2.40. The number of aromatic nitrogens is 1. The first-order valence-electron chi connectivity index (χ1n) is 10.5. The van der Waals surface area contributed by atoms with Crippen LogP contribution in [0.25, 0.3) is 0 Å². The van der Waals surface area contributed by atoms with Gasteiger partial charge in [0.15, 0.2) is 0 Å². The molecular formula is C20H26ClF3N4O3S. The zero-order chi connectivity index (χ0) is 23.5. The predicted molar refractivity (Wildman–Crippen MR) is 115 cm³/mol. The Morgan fingerprint density at radius 2 is 1.94 bits per heavy atom. The fourth-order valence-corrected chi connectivity index (χ4v) is 8.17. The largest absolute Gasteiger partial charge is 0.417 e. The summed E-state index contributed by atoms with van der Waals surface area (Å²) in [6.45, 7) is 4.97. The number of sulfonamides is 1. The average molecular weight is 495 g/mol. The number of rotatable bonds is 4. The monoisotopic (exact) mass is 494 g/mol. The summed E-state index contributed by atoms with van der Waals surface area (Å²) in [6, 6.07) is 0.834. The first-order valence-corrected chi connectivity index (χ1v) is 12.5. The van der Waals surface area contributed by atoms with Gasteiger partial charge in [0.05, 0.1) is 22.1 Å². The highest BCUT2D eigenvalue weighted by molar-refractivity contribution is 7.89. The lowest BCUT2D eigenvalue weighted by molar-refractivity contribution is -0.137. The molecular weight excluding hydrogens is 469 g/mol. The third kappa shape index (κ3) is 3.66. The SMILES string of the molecule is CC1(C)[C@@H]2CC[C@]1(CS(=O)(=O)N1CCN(c3ncc(C(F)(F)F)cc3Cl)CC1)/C(=N/O)C2. The third-order valence-corrected chi connectivity index (χ3v) is 10.1. The quantitative estimate of drug-likeness (QED) is 0.507. The zero-order valence-electron chi connectivity index (χ0n) is 17.9. The van der Waals surface area contributed by atoms with Crippen LogP contribution in [-0.4, -0.2) is 60.6 Å². The molecule has 2 heterocycles. The maximum Gasteiger partial charge on any atom is 0.417 e. The number of piperazine rings is 1. The molecule has 0 amide bonds. The van der Waals surface area contributed by atoms with Crippen LogP contribution in [0.4, 0.5) is 19.0 Å². The van der Waals surface area contributed by atoms with Gasteiger partial charge in [-0.3, -0.25) is 0 Å². The lowest BCUT2D eigenvalue weighted by atomic mass is 9.70. The molecule has 1 saturated heterocycles. The molecule has 0 spiro atoms. The van der Waals surface area contributed by atoms with E-state index < -0.39 is 27.2 Å². The van der Waals surface area contributed by atoms with Crippen molar-refractivity contribution in [2.24, 2.45) is 21.9 Å². The minimum absolute atomic E-state index is 0.109. The van der Waals surface area contributed by atoms with Crippen LogP contribution in [0.5, 0.6) is 0 Å². The third-order valence-electron chi connectivity index (χ3n) is 7.80. The molecule has 4 rings (SSSR count). The van der Waals surface area contributed by atoms with E-state index >= 15 is 0 Å². The molecule has 2 atom stereocenters. The van der Waals surface area contributed by atoms with Crippen molar-refractivity contribution in [1.82, 2.24) is 9.29 Å². The van der Waals surface area contributed by atoms with Gasteiger partial charge < -0.3 is 10.1 Å². The van der Waals surface area contributed by atoms with E-state index in [-0.39, 0.29) is 48.2 Å². The molecule has 2 bridgehead atoms. The van der Waals surface area contributed by atoms with Crippen molar-refractivity contribution >= 4 is 33.2 Å². The van der Waals surface area contributed by atoms with E-state index in [4.69, 9.17) is 11.6 Å². The van der Waals surface area contributed by atoms with E-state index in [1.54, 1.807) is 4.90 Å². The smallest absolute Gasteiger partial charge is 0.411 e. The van der Waals surface area contributed by atoms with Crippen LogP contribution in [0.1, 0.15) is 38.7 Å². The van der Waals surface area contributed by atoms with Gasteiger partial charge in [-0.1, -0.05) is 30.6 Å². The molecule has 32 heavy (non-hydrogen) atoms. The molecule has 12 heteroatoms. The standard InChI is InChI=1S/C20H26ClF3N4O3S/c1-18(2)13-3-4-19(18,16(10-13)26-29)12-32(30,31)28-7-5-27(6-8-28)17-15(21)9-14(11-25-17)20(22,23)24/h9,11,13,29H,3-8,10,12H2,1-2H3/b26-16+/t13-,19+/m1/s1. The van der Waals surface area contributed by atoms with Crippen LogP contribution < -0.4 is 4.90 Å². The van der Waals surface area contributed by atoms with Crippen LogP contribution in [0.15, 0.2) is 17.4 Å². The van der Waals surface area contributed by atoms with Gasteiger partial charge in [-0.2, -0.15) is 17.5 Å². The number of alkyl halides is 3. The maximum absolute atomic E-state index is 13.3. The number of fused-ring (bicyclic) bond motifs is 2. The lowest BCUT2D eigenvalue weighted by Crippen LogP contribution is -2.53. The number of nitrogens with zero attached hydrogens (tertiary/aromatic N) is 4. The number of pyridine rings is 1. The molecule has 3 aliphatic rings. The maximum atomic E-state index is 13.3. The van der Waals surface area contributed by atoms with E-state index in [0.717, 1.165) is 18.7 Å². The second-order valence-corrected chi connectivity index (χ2v) is 11.8. The minimum atomic E-state index is -4.54. The van der Waals surface area contributed by atoms with E-state index in [1.807, 2.05) is 0 Å². The van der Waals surface area contributed by atoms with Gasteiger partial charge in [0.25, 0.3) is 0 Å². The van der Waals surface area contributed by atoms with Gasteiger partial charge >= 0.3 is 6.18 Å². The zero-order valence-corrected chi connectivity index (χ0v) is 19.4. The van der Waals surface area contributed by atoms with Crippen molar-refractivity contribution in [3.8, 4) is 0 Å².